The zero-order valence-corrected chi connectivity index (χ0v) is 15.9. The third-order valence-corrected chi connectivity index (χ3v) is 5.41. The van der Waals surface area contributed by atoms with Crippen LogP contribution in [0.15, 0.2) is 48.1 Å². The predicted octanol–water partition coefficient (Wildman–Crippen LogP) is 1.99. The first-order chi connectivity index (χ1) is 13.6. The van der Waals surface area contributed by atoms with E-state index in [0.717, 1.165) is 18.5 Å². The quantitative estimate of drug-likeness (QED) is 0.610. The first kappa shape index (κ1) is 18.2. The normalized spacial score (nSPS) is 18.7. The van der Waals surface area contributed by atoms with E-state index in [0.29, 0.717) is 22.8 Å². The van der Waals surface area contributed by atoms with Gasteiger partial charge in [0.15, 0.2) is 5.13 Å². The Morgan fingerprint density at radius 2 is 1.93 bits per heavy atom. The van der Waals surface area contributed by atoms with Crippen LogP contribution in [0.3, 0.4) is 0 Å². The molecule has 2 atom stereocenters. The lowest BCUT2D eigenvalue weighted by Gasteiger charge is -2.15. The fourth-order valence-electron chi connectivity index (χ4n) is 3.37. The second kappa shape index (κ2) is 7.81. The molecule has 0 unspecified atom stereocenters. The van der Waals surface area contributed by atoms with E-state index < -0.39 is 0 Å². The number of nitrogens with one attached hydrogen (secondary N) is 2. The highest BCUT2D eigenvalue weighted by Gasteiger charge is 2.28. The summed E-state index contributed by atoms with van der Waals surface area (Å²) in [7, 11) is 0. The van der Waals surface area contributed by atoms with Gasteiger partial charge in [-0.3, -0.25) is 9.59 Å². The molecule has 2 amide bonds. The van der Waals surface area contributed by atoms with Crippen molar-refractivity contribution in [2.45, 2.75) is 31.3 Å². The number of anilines is 1. The summed E-state index contributed by atoms with van der Waals surface area (Å²) in [5.74, 6) is -0.352. The highest BCUT2D eigenvalue weighted by atomic mass is 32.1. The molecule has 144 valence electrons. The van der Waals surface area contributed by atoms with Crippen LogP contribution in [0.5, 0.6) is 0 Å². The molecular weight excluding hydrogens is 376 g/mol. The van der Waals surface area contributed by atoms with Crippen molar-refractivity contribution in [1.29, 1.82) is 0 Å². The summed E-state index contributed by atoms with van der Waals surface area (Å²) in [6.45, 7) is 0. The third-order valence-electron chi connectivity index (χ3n) is 4.73. The van der Waals surface area contributed by atoms with E-state index in [2.05, 4.69) is 20.7 Å². The number of benzene rings is 1. The van der Waals surface area contributed by atoms with Gasteiger partial charge in [0.1, 0.15) is 5.69 Å². The number of thiazole rings is 1. The van der Waals surface area contributed by atoms with E-state index in [1.807, 2.05) is 30.5 Å². The van der Waals surface area contributed by atoms with Crippen molar-refractivity contribution in [3.8, 4) is 5.69 Å². The van der Waals surface area contributed by atoms with E-state index in [1.165, 1.54) is 11.3 Å². The molecule has 1 aliphatic carbocycles. The third kappa shape index (κ3) is 4.04. The molecule has 3 aromatic rings. The number of aromatic nitrogens is 3. The summed E-state index contributed by atoms with van der Waals surface area (Å²) >= 11 is 1.24. The molecule has 0 radical (unpaired) electrons. The zero-order chi connectivity index (χ0) is 19.5. The van der Waals surface area contributed by atoms with Gasteiger partial charge in [-0.25, -0.2) is 9.67 Å². The van der Waals surface area contributed by atoms with E-state index in [9.17, 15) is 9.59 Å². The lowest BCUT2D eigenvalue weighted by molar-refractivity contribution is 0.0933. The standard InChI is InChI=1S/C19H20N6O2S/c20-19-24-16(11-28-19)18(27)23-14-6-5-13(10-14)22-17(26)12-3-1-4-15(9-12)25-8-2-7-21-25/h1-4,7-9,11,13-14H,5-6,10H2,(H2,20,24)(H,22,26)(H,23,27)/t13-,14+/m1/s1. The number of nitrogens with two attached hydrogens (primary N) is 1. The number of nitrogen functional groups attached to an aromatic ring is 1. The highest BCUT2D eigenvalue weighted by molar-refractivity contribution is 7.13. The Morgan fingerprint density at radius 3 is 2.61 bits per heavy atom. The van der Waals surface area contributed by atoms with E-state index in [-0.39, 0.29) is 23.9 Å². The Balaban J connectivity index is 1.33. The van der Waals surface area contributed by atoms with Gasteiger partial charge in [-0.2, -0.15) is 5.10 Å². The monoisotopic (exact) mass is 396 g/mol. The molecule has 0 bridgehead atoms. The molecule has 1 aromatic carbocycles. The van der Waals surface area contributed by atoms with Crippen LogP contribution in [0.2, 0.25) is 0 Å². The van der Waals surface area contributed by atoms with Crippen molar-refractivity contribution in [3.63, 3.8) is 0 Å². The van der Waals surface area contributed by atoms with Crippen molar-refractivity contribution in [1.82, 2.24) is 25.4 Å². The molecular formula is C19H20N6O2S. The number of hydrogen-bond donors (Lipinski definition) is 3. The largest absolute Gasteiger partial charge is 0.375 e. The van der Waals surface area contributed by atoms with Gasteiger partial charge in [0, 0.05) is 35.4 Å². The first-order valence-corrected chi connectivity index (χ1v) is 9.89. The molecule has 28 heavy (non-hydrogen) atoms. The van der Waals surface area contributed by atoms with Gasteiger partial charge >= 0.3 is 0 Å². The van der Waals surface area contributed by atoms with Gasteiger partial charge in [-0.1, -0.05) is 6.07 Å². The molecule has 8 nitrogen and oxygen atoms in total. The van der Waals surface area contributed by atoms with E-state index >= 15 is 0 Å². The van der Waals surface area contributed by atoms with Gasteiger partial charge in [0.25, 0.3) is 11.8 Å². The predicted molar refractivity (Wildman–Crippen MR) is 106 cm³/mol. The lowest BCUT2D eigenvalue weighted by Crippen LogP contribution is -2.37. The fraction of sp³-hybridized carbons (Fsp3) is 0.263. The van der Waals surface area contributed by atoms with Crippen molar-refractivity contribution in [2.24, 2.45) is 0 Å². The number of amides is 2. The maximum Gasteiger partial charge on any atom is 0.271 e. The topological polar surface area (TPSA) is 115 Å². The van der Waals surface area contributed by atoms with Gasteiger partial charge in [-0.15, -0.1) is 11.3 Å². The minimum Gasteiger partial charge on any atom is -0.375 e. The summed E-state index contributed by atoms with van der Waals surface area (Å²) in [5.41, 5.74) is 7.32. The van der Waals surface area contributed by atoms with Crippen molar-refractivity contribution < 1.29 is 9.59 Å². The second-order valence-corrected chi connectivity index (χ2v) is 7.62. The van der Waals surface area contributed by atoms with Gasteiger partial charge in [0.05, 0.1) is 5.69 Å². The molecule has 2 heterocycles. The van der Waals surface area contributed by atoms with Crippen LogP contribution in [0.1, 0.15) is 40.1 Å². The van der Waals surface area contributed by atoms with Gasteiger partial charge in [0.2, 0.25) is 0 Å². The summed E-state index contributed by atoms with van der Waals surface area (Å²) in [6, 6.07) is 9.19. The molecule has 1 fully saturated rings. The summed E-state index contributed by atoms with van der Waals surface area (Å²) in [6.07, 6.45) is 5.84. The Labute approximate surface area is 165 Å². The van der Waals surface area contributed by atoms with Gasteiger partial charge in [-0.05, 0) is 43.5 Å². The number of rotatable bonds is 5. The maximum atomic E-state index is 12.6. The lowest BCUT2D eigenvalue weighted by atomic mass is 10.1. The molecule has 0 aliphatic heterocycles. The fourth-order valence-corrected chi connectivity index (χ4v) is 3.92. The van der Waals surface area contributed by atoms with Crippen LogP contribution in [0.25, 0.3) is 5.69 Å². The van der Waals surface area contributed by atoms with Crippen LogP contribution in [0, 0.1) is 0 Å². The molecule has 0 spiro atoms. The first-order valence-electron chi connectivity index (χ1n) is 9.01. The SMILES string of the molecule is Nc1nc(C(=O)N[C@H]2CC[C@@H](NC(=O)c3cccc(-n4cccn4)c3)C2)cs1. The zero-order valence-electron chi connectivity index (χ0n) is 15.0. The molecule has 1 saturated carbocycles. The molecule has 9 heteroatoms. The Bertz CT molecular complexity index is 984. The van der Waals surface area contributed by atoms with Crippen LogP contribution in [0.4, 0.5) is 5.13 Å². The number of carbonyl (C=O) groups is 2. The number of hydrogen-bond acceptors (Lipinski definition) is 6. The molecule has 1 aliphatic rings. The van der Waals surface area contributed by atoms with E-state index in [4.69, 9.17) is 5.73 Å². The van der Waals surface area contributed by atoms with Crippen molar-refractivity contribution in [2.75, 3.05) is 5.73 Å². The van der Waals surface area contributed by atoms with Gasteiger partial charge < -0.3 is 16.4 Å². The summed E-state index contributed by atoms with van der Waals surface area (Å²) < 4.78 is 1.71. The average Bonchev–Trinajstić information content (AvgIpc) is 3.44. The van der Waals surface area contributed by atoms with Crippen LogP contribution in [-0.2, 0) is 0 Å². The minimum atomic E-state index is -0.225. The molecule has 4 rings (SSSR count). The van der Waals surface area contributed by atoms with Crippen LogP contribution < -0.4 is 16.4 Å². The number of nitrogens with zero attached hydrogens (tertiary/aromatic N) is 3. The second-order valence-electron chi connectivity index (χ2n) is 6.73. The average molecular weight is 396 g/mol. The smallest absolute Gasteiger partial charge is 0.271 e. The molecule has 4 N–H and O–H groups in total. The van der Waals surface area contributed by atoms with Crippen molar-refractivity contribution >= 4 is 28.3 Å². The molecule has 0 saturated heterocycles. The van der Waals surface area contributed by atoms with E-state index in [1.54, 1.807) is 22.3 Å². The summed E-state index contributed by atoms with van der Waals surface area (Å²) in [4.78, 5) is 28.8. The Hall–Kier alpha value is -3.20. The van der Waals surface area contributed by atoms with Crippen LogP contribution in [-0.4, -0.2) is 38.7 Å². The molecule has 2 aromatic heterocycles. The minimum absolute atomic E-state index is 0.0103. The van der Waals surface area contributed by atoms with Crippen molar-refractivity contribution in [3.05, 3.63) is 59.4 Å². The Kier molecular flexibility index (Phi) is 5.07. The number of carbonyl (C=O) groups excluding carboxylic acids is 2. The maximum absolute atomic E-state index is 12.6. The van der Waals surface area contributed by atoms with Crippen LogP contribution >= 0.6 is 11.3 Å². The Morgan fingerprint density at radius 1 is 1.14 bits per heavy atom. The summed E-state index contributed by atoms with van der Waals surface area (Å²) in [5, 5.41) is 12.2. The highest BCUT2D eigenvalue weighted by Crippen LogP contribution is 2.21.